The van der Waals surface area contributed by atoms with Gasteiger partial charge in [-0.2, -0.15) is 4.99 Å². The molecule has 36 heavy (non-hydrogen) atoms. The Kier molecular flexibility index (Phi) is 8.10. The summed E-state index contributed by atoms with van der Waals surface area (Å²) in [4.78, 5) is 18.0. The Morgan fingerprint density at radius 1 is 1.11 bits per heavy atom. The highest BCUT2D eigenvalue weighted by molar-refractivity contribution is 7.92. The number of hydrogen-bond donors (Lipinski definition) is 1. The fourth-order valence-electron chi connectivity index (χ4n) is 3.48. The molecule has 0 radical (unpaired) electrons. The Labute approximate surface area is 217 Å². The number of amides is 1. The molecule has 1 aromatic heterocycles. The minimum Gasteiger partial charge on any atom is -0.497 e. The Morgan fingerprint density at radius 2 is 1.89 bits per heavy atom. The zero-order valence-corrected chi connectivity index (χ0v) is 22.0. The number of aromatic nitrogens is 1. The second-order valence-electron chi connectivity index (χ2n) is 7.62. The second kappa shape index (κ2) is 11.3. The number of carbonyl (C=O) groups is 1. The summed E-state index contributed by atoms with van der Waals surface area (Å²) in [5.74, 6) is 0.213. The van der Waals surface area contributed by atoms with E-state index in [2.05, 4.69) is 9.71 Å². The molecule has 0 fully saturated rings. The summed E-state index contributed by atoms with van der Waals surface area (Å²) in [6.07, 6.45) is 0. The van der Waals surface area contributed by atoms with Crippen LogP contribution in [0.4, 0.5) is 5.69 Å². The molecule has 1 amide bonds. The van der Waals surface area contributed by atoms with Crippen LogP contribution in [-0.2, 0) is 21.3 Å². The Hall–Kier alpha value is -3.18. The number of hydrogen-bond acceptors (Lipinski definition) is 6. The number of sulfonamides is 1. The van der Waals surface area contributed by atoms with Gasteiger partial charge in [0.25, 0.3) is 15.9 Å². The van der Waals surface area contributed by atoms with E-state index in [1.807, 2.05) is 29.7 Å². The number of halogens is 1. The molecule has 0 aliphatic rings. The first kappa shape index (κ1) is 25.9. The van der Waals surface area contributed by atoms with E-state index in [-0.39, 0.29) is 16.1 Å². The minimum atomic E-state index is -3.85. The molecule has 0 saturated heterocycles. The van der Waals surface area contributed by atoms with Crippen LogP contribution in [0.2, 0.25) is 5.02 Å². The third-order valence-corrected chi connectivity index (χ3v) is 7.93. The first-order chi connectivity index (χ1) is 17.3. The Morgan fingerprint density at radius 3 is 2.61 bits per heavy atom. The molecular formula is C25H24ClN3O5S2. The molecule has 1 N–H and O–H groups in total. The first-order valence-electron chi connectivity index (χ1n) is 11.0. The van der Waals surface area contributed by atoms with E-state index in [4.69, 9.17) is 21.1 Å². The molecule has 8 nitrogen and oxygen atoms in total. The molecule has 0 aliphatic heterocycles. The van der Waals surface area contributed by atoms with Crippen LogP contribution in [0.3, 0.4) is 0 Å². The fourth-order valence-corrected chi connectivity index (χ4v) is 5.74. The molecule has 1 heterocycles. The van der Waals surface area contributed by atoms with Gasteiger partial charge in [0.2, 0.25) is 0 Å². The van der Waals surface area contributed by atoms with Gasteiger partial charge in [0, 0.05) is 29.4 Å². The summed E-state index contributed by atoms with van der Waals surface area (Å²) in [5.41, 5.74) is 1.41. The number of benzene rings is 3. The van der Waals surface area contributed by atoms with Crippen LogP contribution < -0.4 is 14.3 Å². The fraction of sp³-hybridized carbons (Fsp3) is 0.200. The maximum absolute atomic E-state index is 13.1. The highest BCUT2D eigenvalue weighted by Gasteiger charge is 2.16. The summed E-state index contributed by atoms with van der Waals surface area (Å²) < 4.78 is 41.6. The number of nitrogens with one attached hydrogen (secondary N) is 1. The lowest BCUT2D eigenvalue weighted by Gasteiger charge is -2.09. The Balaban J connectivity index is 1.66. The van der Waals surface area contributed by atoms with Crippen molar-refractivity contribution < 1.29 is 22.7 Å². The molecule has 0 bridgehead atoms. The number of rotatable bonds is 9. The van der Waals surface area contributed by atoms with Gasteiger partial charge >= 0.3 is 0 Å². The predicted octanol–water partition coefficient (Wildman–Crippen LogP) is 4.94. The minimum absolute atomic E-state index is 0.0596. The van der Waals surface area contributed by atoms with E-state index in [0.29, 0.717) is 35.3 Å². The van der Waals surface area contributed by atoms with Crippen molar-refractivity contribution in [3.8, 4) is 5.75 Å². The lowest BCUT2D eigenvalue weighted by Crippen LogP contribution is -2.20. The summed E-state index contributed by atoms with van der Waals surface area (Å²) in [7, 11) is -2.26. The van der Waals surface area contributed by atoms with Crippen molar-refractivity contribution in [2.75, 3.05) is 25.0 Å². The van der Waals surface area contributed by atoms with Crippen LogP contribution in [0.1, 0.15) is 17.3 Å². The van der Waals surface area contributed by atoms with E-state index in [1.54, 1.807) is 25.3 Å². The summed E-state index contributed by atoms with van der Waals surface area (Å²) in [6, 6.07) is 17.7. The largest absolute Gasteiger partial charge is 0.497 e. The molecule has 3 aromatic carbocycles. The van der Waals surface area contributed by atoms with Gasteiger partial charge in [0.15, 0.2) is 4.80 Å². The molecule has 4 aromatic rings. The van der Waals surface area contributed by atoms with E-state index in [9.17, 15) is 13.2 Å². The molecule has 0 aliphatic carbocycles. The number of anilines is 1. The van der Waals surface area contributed by atoms with Crippen molar-refractivity contribution in [2.45, 2.75) is 18.4 Å². The lowest BCUT2D eigenvalue weighted by molar-refractivity contribution is 0.0996. The van der Waals surface area contributed by atoms with Gasteiger partial charge in [0.05, 0.1) is 28.8 Å². The molecular weight excluding hydrogens is 522 g/mol. The number of ether oxygens (including phenoxy) is 2. The maximum atomic E-state index is 13.1. The van der Waals surface area contributed by atoms with E-state index in [0.717, 1.165) is 10.2 Å². The number of methoxy groups -OCH3 is 1. The van der Waals surface area contributed by atoms with Gasteiger partial charge < -0.3 is 14.0 Å². The highest BCUT2D eigenvalue weighted by Crippen LogP contribution is 2.24. The lowest BCUT2D eigenvalue weighted by atomic mass is 10.2. The van der Waals surface area contributed by atoms with Crippen LogP contribution in [0.5, 0.6) is 5.75 Å². The van der Waals surface area contributed by atoms with Crippen LogP contribution in [0.25, 0.3) is 10.2 Å². The third-order valence-electron chi connectivity index (χ3n) is 5.24. The normalized spacial score (nSPS) is 12.1. The van der Waals surface area contributed by atoms with Crippen molar-refractivity contribution in [3.63, 3.8) is 0 Å². The molecule has 0 spiro atoms. The predicted molar refractivity (Wildman–Crippen MR) is 141 cm³/mol. The van der Waals surface area contributed by atoms with Crippen molar-refractivity contribution >= 4 is 54.8 Å². The third kappa shape index (κ3) is 5.96. The number of carbonyl (C=O) groups excluding carboxylic acids is 1. The molecule has 0 unspecified atom stereocenters. The van der Waals surface area contributed by atoms with Gasteiger partial charge in [-0.3, -0.25) is 9.52 Å². The van der Waals surface area contributed by atoms with Crippen LogP contribution >= 0.6 is 22.9 Å². The zero-order valence-electron chi connectivity index (χ0n) is 19.6. The zero-order chi connectivity index (χ0) is 25.7. The van der Waals surface area contributed by atoms with E-state index in [1.165, 1.54) is 41.7 Å². The van der Waals surface area contributed by atoms with Crippen LogP contribution in [-0.4, -0.2) is 39.2 Å². The maximum Gasteiger partial charge on any atom is 0.279 e. The van der Waals surface area contributed by atoms with Crippen molar-refractivity contribution in [1.29, 1.82) is 0 Å². The topological polar surface area (TPSA) is 99.0 Å². The Bertz CT molecular complexity index is 1560. The summed E-state index contributed by atoms with van der Waals surface area (Å²) >= 11 is 7.22. The highest BCUT2D eigenvalue weighted by atomic mass is 35.5. The number of thiazole rings is 1. The van der Waals surface area contributed by atoms with E-state index < -0.39 is 15.9 Å². The molecule has 0 saturated carbocycles. The summed E-state index contributed by atoms with van der Waals surface area (Å²) in [5, 5.41) is 0.432. The van der Waals surface area contributed by atoms with E-state index >= 15 is 0 Å². The van der Waals surface area contributed by atoms with Gasteiger partial charge in [-0.05, 0) is 67.6 Å². The standard InChI is InChI=1S/C25H24ClN3O5S2/c1-3-34-14-13-29-22-12-9-20(33-2)16-23(22)35-25(29)27-24(30)17-5-4-6-19(15-17)28-36(31,32)21-10-7-18(26)8-11-21/h4-12,15-16,28H,3,13-14H2,1-2H3. The molecule has 11 heteroatoms. The average molecular weight is 546 g/mol. The van der Waals surface area contributed by atoms with Crippen molar-refractivity contribution in [2.24, 2.45) is 4.99 Å². The van der Waals surface area contributed by atoms with Crippen LogP contribution in [0.15, 0.2) is 76.6 Å². The van der Waals surface area contributed by atoms with Gasteiger partial charge in [-0.1, -0.05) is 29.0 Å². The molecule has 4 rings (SSSR count). The first-order valence-corrected chi connectivity index (χ1v) is 13.7. The monoisotopic (exact) mass is 545 g/mol. The van der Waals surface area contributed by atoms with Crippen molar-refractivity contribution in [1.82, 2.24) is 4.57 Å². The van der Waals surface area contributed by atoms with Gasteiger partial charge in [0.1, 0.15) is 5.75 Å². The molecule has 188 valence electrons. The second-order valence-corrected chi connectivity index (χ2v) is 10.8. The van der Waals surface area contributed by atoms with Crippen LogP contribution in [0, 0.1) is 0 Å². The van der Waals surface area contributed by atoms with Gasteiger partial charge in [-0.15, -0.1) is 0 Å². The SMILES string of the molecule is CCOCCn1c(=NC(=O)c2cccc(NS(=O)(=O)c3ccc(Cl)cc3)c2)sc2cc(OC)ccc21. The quantitative estimate of drug-likeness (QED) is 0.300. The van der Waals surface area contributed by atoms with Gasteiger partial charge in [-0.25, -0.2) is 8.42 Å². The van der Waals surface area contributed by atoms with Crippen molar-refractivity contribution in [3.05, 3.63) is 82.1 Å². The number of fused-ring (bicyclic) bond motifs is 1. The summed E-state index contributed by atoms with van der Waals surface area (Å²) in [6.45, 7) is 3.50. The number of nitrogens with zero attached hydrogens (tertiary/aromatic N) is 2. The smallest absolute Gasteiger partial charge is 0.279 e. The molecule has 0 atom stereocenters. The average Bonchev–Trinajstić information content (AvgIpc) is 3.20.